The maximum atomic E-state index is 13.1. The molecular formula is C24H24N2O6. The number of hydrogen-bond acceptors (Lipinski definition) is 7. The lowest BCUT2D eigenvalue weighted by atomic mass is 9.93. The van der Waals surface area contributed by atoms with Crippen LogP contribution in [0.3, 0.4) is 0 Å². The zero-order valence-electron chi connectivity index (χ0n) is 17.4. The van der Waals surface area contributed by atoms with Crippen LogP contribution < -0.4 is 10.7 Å². The van der Waals surface area contributed by atoms with Crippen LogP contribution in [0.2, 0.25) is 0 Å². The van der Waals surface area contributed by atoms with E-state index in [1.807, 2.05) is 0 Å². The first-order chi connectivity index (χ1) is 15.7. The van der Waals surface area contributed by atoms with Gasteiger partial charge >= 0.3 is 0 Å². The smallest absolute Gasteiger partial charge is 0.290 e. The van der Waals surface area contributed by atoms with Crippen LogP contribution in [0.1, 0.15) is 30.7 Å². The molecule has 2 N–H and O–H groups in total. The molecule has 1 amide bonds. The molecular weight excluding hydrogens is 412 g/mol. The Morgan fingerprint density at radius 1 is 1.22 bits per heavy atom. The molecule has 0 aliphatic carbocycles. The van der Waals surface area contributed by atoms with Gasteiger partial charge in [0.2, 0.25) is 6.29 Å². The molecule has 3 heterocycles. The zero-order valence-corrected chi connectivity index (χ0v) is 17.4. The quantitative estimate of drug-likeness (QED) is 0.521. The molecule has 4 rings (SSSR count). The van der Waals surface area contributed by atoms with Crippen LogP contribution in [0.15, 0.2) is 76.1 Å². The lowest BCUT2D eigenvalue weighted by Gasteiger charge is -2.29. The second-order valence-corrected chi connectivity index (χ2v) is 7.43. The van der Waals surface area contributed by atoms with Crippen molar-refractivity contribution in [1.82, 2.24) is 4.98 Å². The number of amides is 1. The minimum Gasteiger partial charge on any atom is -0.464 e. The number of nitrogens with zero attached hydrogens (tertiary/aromatic N) is 1. The van der Waals surface area contributed by atoms with Crippen molar-refractivity contribution in [3.63, 3.8) is 0 Å². The number of para-hydroxylation sites is 1. The first-order valence-electron chi connectivity index (χ1n) is 10.5. The molecule has 2 aromatic heterocycles. The van der Waals surface area contributed by atoms with Crippen LogP contribution in [0.25, 0.3) is 11.0 Å². The molecule has 2 atom stereocenters. The number of nitrogens with one attached hydrogen (secondary N) is 1. The Hall–Kier alpha value is -3.49. The van der Waals surface area contributed by atoms with Crippen LogP contribution in [-0.4, -0.2) is 35.5 Å². The van der Waals surface area contributed by atoms with Gasteiger partial charge in [0.1, 0.15) is 5.58 Å². The lowest BCUT2D eigenvalue weighted by molar-refractivity contribution is -0.143. The van der Waals surface area contributed by atoms with Gasteiger partial charge in [-0.15, -0.1) is 0 Å². The fourth-order valence-electron chi connectivity index (χ4n) is 3.54. The van der Waals surface area contributed by atoms with Gasteiger partial charge in [-0.3, -0.25) is 14.6 Å². The Kier molecular flexibility index (Phi) is 6.94. The number of carbonyl (C=O) groups excluding carboxylic acids is 1. The summed E-state index contributed by atoms with van der Waals surface area (Å²) in [4.78, 5) is 29.9. The van der Waals surface area contributed by atoms with Crippen LogP contribution in [0, 0.1) is 0 Å². The number of aliphatic hydroxyl groups is 1. The maximum absolute atomic E-state index is 13.1. The second kappa shape index (κ2) is 10.2. The fourth-order valence-corrected chi connectivity index (χ4v) is 3.54. The number of aromatic nitrogens is 1. The molecule has 32 heavy (non-hydrogen) atoms. The van der Waals surface area contributed by atoms with Crippen molar-refractivity contribution in [2.75, 3.05) is 18.5 Å². The third-order valence-electron chi connectivity index (χ3n) is 5.16. The van der Waals surface area contributed by atoms with Crippen molar-refractivity contribution in [2.24, 2.45) is 0 Å². The van der Waals surface area contributed by atoms with E-state index < -0.39 is 18.1 Å². The molecule has 0 fully saturated rings. The minimum absolute atomic E-state index is 0.0600. The summed E-state index contributed by atoms with van der Waals surface area (Å²) in [6, 6.07) is 10.5. The van der Waals surface area contributed by atoms with E-state index in [2.05, 4.69) is 10.3 Å². The number of rotatable bonds is 8. The Morgan fingerprint density at radius 3 is 2.91 bits per heavy atom. The maximum Gasteiger partial charge on any atom is 0.290 e. The third-order valence-corrected chi connectivity index (χ3v) is 5.16. The molecule has 3 aromatic rings. The van der Waals surface area contributed by atoms with Crippen molar-refractivity contribution in [3.8, 4) is 0 Å². The summed E-state index contributed by atoms with van der Waals surface area (Å²) in [5, 5.41) is 12.2. The van der Waals surface area contributed by atoms with Crippen LogP contribution in [-0.2, 0) is 14.3 Å². The van der Waals surface area contributed by atoms with Gasteiger partial charge in [-0.25, -0.2) is 0 Å². The number of allylic oxidation sites excluding steroid dienone is 1. The summed E-state index contributed by atoms with van der Waals surface area (Å²) in [5.74, 6) is -0.830. The highest BCUT2D eigenvalue weighted by Gasteiger charge is 2.30. The number of benzene rings is 1. The van der Waals surface area contributed by atoms with E-state index in [1.54, 1.807) is 48.7 Å². The lowest BCUT2D eigenvalue weighted by Crippen LogP contribution is -2.31. The highest BCUT2D eigenvalue weighted by Crippen LogP contribution is 2.31. The van der Waals surface area contributed by atoms with E-state index in [4.69, 9.17) is 19.0 Å². The number of anilines is 1. The average Bonchev–Trinajstić information content (AvgIpc) is 2.83. The predicted molar refractivity (Wildman–Crippen MR) is 118 cm³/mol. The summed E-state index contributed by atoms with van der Waals surface area (Å²) in [6.45, 7) is 0.441. The SMILES string of the molecule is O=C(Nc1cccnc1)C1=C[C@@H](c2coc3ccccc3c2=O)C[C@@H](OCCCCO)O1. The van der Waals surface area contributed by atoms with Crippen molar-refractivity contribution in [1.29, 1.82) is 0 Å². The van der Waals surface area contributed by atoms with Gasteiger partial charge in [0.25, 0.3) is 5.91 Å². The van der Waals surface area contributed by atoms with Gasteiger partial charge in [-0.1, -0.05) is 12.1 Å². The summed E-state index contributed by atoms with van der Waals surface area (Å²) in [5.41, 5.74) is 1.31. The molecule has 0 radical (unpaired) electrons. The van der Waals surface area contributed by atoms with E-state index in [9.17, 15) is 9.59 Å². The van der Waals surface area contributed by atoms with E-state index >= 15 is 0 Å². The molecule has 1 aliphatic rings. The normalized spacial score (nSPS) is 18.1. The summed E-state index contributed by atoms with van der Waals surface area (Å²) in [6.07, 6.45) is 7.10. The summed E-state index contributed by atoms with van der Waals surface area (Å²) >= 11 is 0. The number of carbonyl (C=O) groups is 1. The standard InChI is InChI=1S/C24H24N2O6/c27-10-3-4-11-30-22-13-16(19-15-31-20-8-2-1-7-18(20)23(19)28)12-21(32-22)24(29)26-17-6-5-9-25-14-17/h1-2,5-9,12,14-16,22,27H,3-4,10-11,13H2,(H,26,29)/t16-,22+/m1/s1. The molecule has 1 aromatic carbocycles. The topological polar surface area (TPSA) is 111 Å². The molecule has 0 saturated heterocycles. The van der Waals surface area contributed by atoms with E-state index in [1.165, 1.54) is 12.5 Å². The number of hydrogen-bond donors (Lipinski definition) is 2. The average molecular weight is 436 g/mol. The van der Waals surface area contributed by atoms with Crippen molar-refractivity contribution < 1.29 is 23.8 Å². The van der Waals surface area contributed by atoms with E-state index in [0.717, 1.165) is 0 Å². The number of ether oxygens (including phenoxy) is 2. The first-order valence-corrected chi connectivity index (χ1v) is 10.5. The Morgan fingerprint density at radius 2 is 2.09 bits per heavy atom. The monoisotopic (exact) mass is 436 g/mol. The van der Waals surface area contributed by atoms with Crippen molar-refractivity contribution in [3.05, 3.63) is 82.7 Å². The largest absolute Gasteiger partial charge is 0.464 e. The molecule has 1 aliphatic heterocycles. The Bertz CT molecular complexity index is 1160. The van der Waals surface area contributed by atoms with Crippen molar-refractivity contribution >= 4 is 22.6 Å². The van der Waals surface area contributed by atoms with Gasteiger partial charge in [0.05, 0.1) is 30.1 Å². The van der Waals surface area contributed by atoms with Crippen LogP contribution >= 0.6 is 0 Å². The number of fused-ring (bicyclic) bond motifs is 1. The summed E-state index contributed by atoms with van der Waals surface area (Å²) in [7, 11) is 0. The Balaban J connectivity index is 1.61. The number of aliphatic hydroxyl groups excluding tert-OH is 1. The Labute approximate surface area is 184 Å². The zero-order chi connectivity index (χ0) is 22.3. The fraction of sp³-hybridized carbons (Fsp3) is 0.292. The van der Waals surface area contributed by atoms with Crippen LogP contribution in [0.4, 0.5) is 5.69 Å². The molecule has 0 saturated carbocycles. The summed E-state index contributed by atoms with van der Waals surface area (Å²) < 4.78 is 17.3. The van der Waals surface area contributed by atoms with Gasteiger partial charge in [0, 0.05) is 30.7 Å². The van der Waals surface area contributed by atoms with Gasteiger partial charge in [-0.05, 0) is 43.2 Å². The molecule has 0 spiro atoms. The minimum atomic E-state index is -0.718. The second-order valence-electron chi connectivity index (χ2n) is 7.43. The van der Waals surface area contributed by atoms with Crippen molar-refractivity contribution in [2.45, 2.75) is 31.5 Å². The highest BCUT2D eigenvalue weighted by atomic mass is 16.7. The molecule has 0 unspecified atom stereocenters. The van der Waals surface area contributed by atoms with Gasteiger partial charge in [0.15, 0.2) is 11.2 Å². The molecule has 0 bridgehead atoms. The number of unbranched alkanes of at least 4 members (excludes halogenated alkanes) is 1. The molecule has 8 heteroatoms. The van der Waals surface area contributed by atoms with E-state index in [0.29, 0.717) is 48.1 Å². The van der Waals surface area contributed by atoms with Crippen LogP contribution in [0.5, 0.6) is 0 Å². The molecule has 166 valence electrons. The van der Waals surface area contributed by atoms with E-state index in [-0.39, 0.29) is 17.8 Å². The molecule has 8 nitrogen and oxygen atoms in total. The van der Waals surface area contributed by atoms with Gasteiger partial charge in [-0.2, -0.15) is 0 Å². The van der Waals surface area contributed by atoms with Gasteiger partial charge < -0.3 is 24.3 Å². The first kappa shape index (κ1) is 21.7. The third kappa shape index (κ3) is 5.04. The highest BCUT2D eigenvalue weighted by molar-refractivity contribution is 6.02. The predicted octanol–water partition coefficient (Wildman–Crippen LogP) is 3.33. The number of pyridine rings is 1.